The van der Waals surface area contributed by atoms with Crippen LogP contribution in [0.1, 0.15) is 20.8 Å². The summed E-state index contributed by atoms with van der Waals surface area (Å²) < 4.78 is 0. The molecule has 0 amide bonds. The van der Waals surface area contributed by atoms with Gasteiger partial charge in [0.25, 0.3) is 0 Å². The van der Waals surface area contributed by atoms with Crippen LogP contribution in [0, 0.1) is 11.8 Å². The van der Waals surface area contributed by atoms with Crippen LogP contribution < -0.4 is 11.1 Å². The van der Waals surface area contributed by atoms with Crippen LogP contribution in [-0.2, 0) is 0 Å². The van der Waals surface area contributed by atoms with Crippen molar-refractivity contribution >= 4 is 11.5 Å². The van der Waals surface area contributed by atoms with Crippen molar-refractivity contribution in [1.29, 1.82) is 0 Å². The quantitative estimate of drug-likeness (QED) is 0.771. The molecule has 78 valence electrons. The monoisotopic (exact) mass is 193 g/mol. The number of nitrogens with one attached hydrogen (secondary N) is 1. The summed E-state index contributed by atoms with van der Waals surface area (Å²) in [6.07, 6.45) is 1.70. The van der Waals surface area contributed by atoms with Crippen molar-refractivity contribution in [1.82, 2.24) is 4.98 Å². The first-order valence-corrected chi connectivity index (χ1v) is 5.05. The number of nitrogens with zero attached hydrogens (tertiary/aromatic N) is 1. The fourth-order valence-corrected chi connectivity index (χ4v) is 1.07. The van der Waals surface area contributed by atoms with Crippen molar-refractivity contribution in [3.63, 3.8) is 0 Å². The molecular weight excluding hydrogens is 174 g/mol. The third-order valence-electron chi connectivity index (χ3n) is 2.59. The van der Waals surface area contributed by atoms with Gasteiger partial charge in [-0.05, 0) is 24.0 Å². The first-order chi connectivity index (χ1) is 6.61. The summed E-state index contributed by atoms with van der Waals surface area (Å²) in [7, 11) is 0. The fourth-order valence-electron chi connectivity index (χ4n) is 1.07. The minimum Gasteiger partial charge on any atom is -0.382 e. The normalized spacial score (nSPS) is 12.9. The lowest BCUT2D eigenvalue weighted by Crippen LogP contribution is -2.17. The average molecular weight is 193 g/mol. The first kappa shape index (κ1) is 10.8. The van der Waals surface area contributed by atoms with E-state index < -0.39 is 0 Å². The highest BCUT2D eigenvalue weighted by atomic mass is 14.9. The van der Waals surface area contributed by atoms with Crippen LogP contribution >= 0.6 is 0 Å². The zero-order valence-corrected chi connectivity index (χ0v) is 9.12. The van der Waals surface area contributed by atoms with E-state index in [4.69, 9.17) is 5.73 Å². The molecule has 1 unspecified atom stereocenters. The van der Waals surface area contributed by atoms with Crippen molar-refractivity contribution in [3.8, 4) is 0 Å². The van der Waals surface area contributed by atoms with Gasteiger partial charge >= 0.3 is 0 Å². The maximum atomic E-state index is 5.71. The van der Waals surface area contributed by atoms with E-state index in [9.17, 15) is 0 Å². The third-order valence-corrected chi connectivity index (χ3v) is 2.59. The lowest BCUT2D eigenvalue weighted by molar-refractivity contribution is 0.440. The third kappa shape index (κ3) is 2.91. The Morgan fingerprint density at radius 3 is 2.71 bits per heavy atom. The molecule has 0 saturated heterocycles. The molecular formula is C11H19N3. The molecule has 0 spiro atoms. The fraction of sp³-hybridized carbons (Fsp3) is 0.545. The summed E-state index contributed by atoms with van der Waals surface area (Å²) in [6.45, 7) is 7.61. The smallest absolute Gasteiger partial charge is 0.146 e. The summed E-state index contributed by atoms with van der Waals surface area (Å²) >= 11 is 0. The van der Waals surface area contributed by atoms with Crippen molar-refractivity contribution in [3.05, 3.63) is 18.3 Å². The van der Waals surface area contributed by atoms with Gasteiger partial charge in [-0.15, -0.1) is 0 Å². The zero-order valence-electron chi connectivity index (χ0n) is 9.12. The highest BCUT2D eigenvalue weighted by molar-refractivity contribution is 5.60. The molecule has 0 fully saturated rings. The molecule has 1 heterocycles. The lowest BCUT2D eigenvalue weighted by atomic mass is 9.98. The van der Waals surface area contributed by atoms with Gasteiger partial charge in [-0.2, -0.15) is 0 Å². The van der Waals surface area contributed by atoms with Crippen LogP contribution in [0.2, 0.25) is 0 Å². The molecule has 0 aliphatic heterocycles. The highest BCUT2D eigenvalue weighted by Crippen LogP contribution is 2.16. The molecule has 3 heteroatoms. The van der Waals surface area contributed by atoms with Crippen molar-refractivity contribution in [2.24, 2.45) is 11.8 Å². The maximum absolute atomic E-state index is 5.71. The summed E-state index contributed by atoms with van der Waals surface area (Å²) in [4.78, 5) is 4.02. The predicted octanol–water partition coefficient (Wildman–Crippen LogP) is 2.37. The van der Waals surface area contributed by atoms with Crippen LogP contribution in [0.3, 0.4) is 0 Å². The van der Waals surface area contributed by atoms with E-state index in [2.05, 4.69) is 31.1 Å². The van der Waals surface area contributed by atoms with Gasteiger partial charge < -0.3 is 11.1 Å². The number of nitrogen functional groups attached to an aromatic ring is 1. The molecule has 3 nitrogen and oxygen atoms in total. The van der Waals surface area contributed by atoms with Crippen molar-refractivity contribution in [2.45, 2.75) is 20.8 Å². The van der Waals surface area contributed by atoms with Gasteiger partial charge in [-0.1, -0.05) is 20.8 Å². The highest BCUT2D eigenvalue weighted by Gasteiger charge is 2.07. The molecule has 1 aromatic rings. The SMILES string of the molecule is CC(C)C(C)CNc1cccnc1N. The number of hydrogen-bond donors (Lipinski definition) is 2. The van der Waals surface area contributed by atoms with Crippen LogP contribution in [0.25, 0.3) is 0 Å². The van der Waals surface area contributed by atoms with Crippen molar-refractivity contribution < 1.29 is 0 Å². The summed E-state index contributed by atoms with van der Waals surface area (Å²) in [5.41, 5.74) is 6.64. The van der Waals surface area contributed by atoms with Crippen molar-refractivity contribution in [2.75, 3.05) is 17.6 Å². The van der Waals surface area contributed by atoms with Crippen LogP contribution in [-0.4, -0.2) is 11.5 Å². The molecule has 0 aliphatic carbocycles. The van der Waals surface area contributed by atoms with Crippen LogP contribution in [0.5, 0.6) is 0 Å². The van der Waals surface area contributed by atoms with E-state index in [0.717, 1.165) is 12.2 Å². The minimum absolute atomic E-state index is 0.573. The van der Waals surface area contributed by atoms with E-state index >= 15 is 0 Å². The first-order valence-electron chi connectivity index (χ1n) is 5.05. The molecule has 0 saturated carbocycles. The van der Waals surface area contributed by atoms with Gasteiger partial charge in [0, 0.05) is 12.7 Å². The Bertz CT molecular complexity index is 284. The molecule has 14 heavy (non-hydrogen) atoms. The molecule has 3 N–H and O–H groups in total. The van der Waals surface area contributed by atoms with Gasteiger partial charge in [0.1, 0.15) is 5.82 Å². The van der Waals surface area contributed by atoms with E-state index in [0.29, 0.717) is 17.7 Å². The minimum atomic E-state index is 0.573. The van der Waals surface area contributed by atoms with E-state index in [1.165, 1.54) is 0 Å². The molecule has 0 bridgehead atoms. The zero-order chi connectivity index (χ0) is 10.6. The summed E-state index contributed by atoms with van der Waals surface area (Å²) in [5, 5.41) is 3.31. The molecule has 0 aromatic carbocycles. The number of aromatic nitrogens is 1. The average Bonchev–Trinajstić information content (AvgIpc) is 2.16. The van der Waals surface area contributed by atoms with Gasteiger partial charge in [0.15, 0.2) is 0 Å². The molecule has 1 aromatic heterocycles. The lowest BCUT2D eigenvalue weighted by Gasteiger charge is -2.17. The Morgan fingerprint density at radius 2 is 2.14 bits per heavy atom. The summed E-state index contributed by atoms with van der Waals surface area (Å²) in [5.74, 6) is 1.89. The molecule has 0 radical (unpaired) electrons. The number of hydrogen-bond acceptors (Lipinski definition) is 3. The maximum Gasteiger partial charge on any atom is 0.146 e. The van der Waals surface area contributed by atoms with Gasteiger partial charge in [-0.25, -0.2) is 4.98 Å². The molecule has 0 aliphatic rings. The second kappa shape index (κ2) is 4.84. The van der Waals surface area contributed by atoms with Gasteiger partial charge in [-0.3, -0.25) is 0 Å². The van der Waals surface area contributed by atoms with E-state index in [1.54, 1.807) is 6.20 Å². The predicted molar refractivity (Wildman–Crippen MR) is 61.1 cm³/mol. The Kier molecular flexibility index (Phi) is 3.74. The second-order valence-corrected chi connectivity index (χ2v) is 4.04. The van der Waals surface area contributed by atoms with Gasteiger partial charge in [0.2, 0.25) is 0 Å². The molecule has 1 rings (SSSR count). The second-order valence-electron chi connectivity index (χ2n) is 4.04. The van der Waals surface area contributed by atoms with Gasteiger partial charge in [0.05, 0.1) is 5.69 Å². The number of anilines is 2. The topological polar surface area (TPSA) is 50.9 Å². The van der Waals surface area contributed by atoms with E-state index in [-0.39, 0.29) is 0 Å². The Morgan fingerprint density at radius 1 is 1.43 bits per heavy atom. The molecule has 1 atom stereocenters. The Hall–Kier alpha value is -1.25. The summed E-state index contributed by atoms with van der Waals surface area (Å²) in [6, 6.07) is 3.84. The van der Waals surface area contributed by atoms with Crippen LogP contribution in [0.4, 0.5) is 11.5 Å². The standard InChI is InChI=1S/C11H19N3/c1-8(2)9(3)7-14-10-5-4-6-13-11(10)12/h4-6,8-9,14H,7H2,1-3H3,(H2,12,13). The Labute approximate surface area is 85.7 Å². The van der Waals surface area contributed by atoms with Crippen LogP contribution in [0.15, 0.2) is 18.3 Å². The number of pyridine rings is 1. The number of nitrogens with two attached hydrogens (primary N) is 1. The number of rotatable bonds is 4. The Balaban J connectivity index is 2.50. The largest absolute Gasteiger partial charge is 0.382 e. The van der Waals surface area contributed by atoms with E-state index in [1.807, 2.05) is 12.1 Å².